The summed E-state index contributed by atoms with van der Waals surface area (Å²) in [4.78, 5) is 18.1. The summed E-state index contributed by atoms with van der Waals surface area (Å²) < 4.78 is 7.54. The molecule has 7 heteroatoms. The van der Waals surface area contributed by atoms with Crippen LogP contribution in [0.4, 0.5) is 0 Å². The molecular weight excluding hydrogens is 390 g/mol. The molecule has 0 aromatic carbocycles. The monoisotopic (exact) mass is 415 g/mol. The second kappa shape index (κ2) is 8.61. The lowest BCUT2D eigenvalue weighted by molar-refractivity contribution is 0.0169. The lowest BCUT2D eigenvalue weighted by atomic mass is 10.1. The lowest BCUT2D eigenvalue weighted by Gasteiger charge is -2.34. The van der Waals surface area contributed by atoms with Crippen LogP contribution in [0.15, 0.2) is 42.0 Å². The van der Waals surface area contributed by atoms with Gasteiger partial charge in [0.2, 0.25) is 0 Å². The molecule has 1 unspecified atom stereocenters. The summed E-state index contributed by atoms with van der Waals surface area (Å²) in [5.41, 5.74) is 1.84. The van der Waals surface area contributed by atoms with Crippen molar-refractivity contribution in [3.05, 3.63) is 62.9 Å². The topological polar surface area (TPSA) is 46.5 Å². The highest BCUT2D eigenvalue weighted by molar-refractivity contribution is 7.15. The van der Waals surface area contributed by atoms with E-state index in [0.717, 1.165) is 42.4 Å². The molecule has 1 amide bonds. The Kier molecular flexibility index (Phi) is 5.96. The molecule has 3 aromatic rings. The van der Waals surface area contributed by atoms with Crippen LogP contribution < -0.4 is 5.32 Å². The number of hydrogen-bond donors (Lipinski definition) is 1. The van der Waals surface area contributed by atoms with E-state index in [4.69, 9.17) is 4.74 Å². The third kappa shape index (κ3) is 3.93. The molecule has 3 aromatic heterocycles. The van der Waals surface area contributed by atoms with Gasteiger partial charge in [0.15, 0.2) is 0 Å². The number of ether oxygens (including phenoxy) is 1. The Morgan fingerprint density at radius 2 is 1.96 bits per heavy atom. The van der Waals surface area contributed by atoms with Crippen molar-refractivity contribution in [2.24, 2.45) is 0 Å². The zero-order valence-corrected chi connectivity index (χ0v) is 17.8. The van der Waals surface area contributed by atoms with Gasteiger partial charge in [0, 0.05) is 41.8 Å². The number of rotatable bonds is 6. The van der Waals surface area contributed by atoms with Gasteiger partial charge in [-0.3, -0.25) is 9.69 Å². The van der Waals surface area contributed by atoms with Crippen LogP contribution in [0.5, 0.6) is 0 Å². The summed E-state index contributed by atoms with van der Waals surface area (Å²) in [6.07, 6.45) is 3.98. The number of aryl methyl sites for hydroxylation is 1. The fraction of sp³-hybridized carbons (Fsp3) is 0.381. The maximum absolute atomic E-state index is 13.2. The summed E-state index contributed by atoms with van der Waals surface area (Å²) in [5.74, 6) is 0.000338. The number of amides is 1. The minimum absolute atomic E-state index is 0.000338. The molecule has 1 saturated heterocycles. The van der Waals surface area contributed by atoms with Gasteiger partial charge in [0.25, 0.3) is 5.91 Å². The third-order valence-corrected chi connectivity index (χ3v) is 7.44. The highest BCUT2D eigenvalue weighted by Crippen LogP contribution is 2.31. The number of hydrogen-bond acceptors (Lipinski definition) is 5. The zero-order valence-electron chi connectivity index (χ0n) is 16.2. The number of carbonyl (C=O) groups excluding carboxylic acids is 1. The largest absolute Gasteiger partial charge is 0.379 e. The van der Waals surface area contributed by atoms with E-state index >= 15 is 0 Å². The Morgan fingerprint density at radius 1 is 1.21 bits per heavy atom. The summed E-state index contributed by atoms with van der Waals surface area (Å²) in [7, 11) is 0. The van der Waals surface area contributed by atoms with Crippen molar-refractivity contribution in [3.63, 3.8) is 0 Å². The first-order chi connectivity index (χ1) is 13.6. The molecule has 1 N–H and O–H groups in total. The average molecular weight is 416 g/mol. The summed E-state index contributed by atoms with van der Waals surface area (Å²) in [5, 5.41) is 6.30. The number of nitrogens with zero attached hydrogens (tertiary/aromatic N) is 2. The third-order valence-electron chi connectivity index (χ3n) is 5.25. The van der Waals surface area contributed by atoms with Gasteiger partial charge in [-0.25, -0.2) is 0 Å². The van der Waals surface area contributed by atoms with Gasteiger partial charge in [0.1, 0.15) is 5.00 Å². The average Bonchev–Trinajstić information content (AvgIpc) is 3.46. The fourth-order valence-electron chi connectivity index (χ4n) is 3.59. The van der Waals surface area contributed by atoms with Crippen molar-refractivity contribution >= 4 is 28.6 Å². The molecule has 1 aliphatic heterocycles. The summed E-state index contributed by atoms with van der Waals surface area (Å²) in [6, 6.07) is 8.38. The Morgan fingerprint density at radius 3 is 2.64 bits per heavy atom. The van der Waals surface area contributed by atoms with Gasteiger partial charge in [-0.1, -0.05) is 6.07 Å². The number of carbonyl (C=O) groups is 1. The van der Waals surface area contributed by atoms with E-state index in [9.17, 15) is 4.79 Å². The second-order valence-corrected chi connectivity index (χ2v) is 9.13. The van der Waals surface area contributed by atoms with Gasteiger partial charge in [-0.15, -0.1) is 22.7 Å². The van der Waals surface area contributed by atoms with Crippen LogP contribution in [-0.2, 0) is 4.74 Å². The molecule has 0 radical (unpaired) electrons. The fourth-order valence-corrected chi connectivity index (χ4v) is 5.57. The molecule has 4 rings (SSSR count). The van der Waals surface area contributed by atoms with Gasteiger partial charge in [0.05, 0.1) is 24.8 Å². The number of nitrogens with one attached hydrogen (secondary N) is 1. The quantitative estimate of drug-likeness (QED) is 0.661. The SMILES string of the molecule is Cc1sc(-n2cccc2)c(C(=O)NCC(c2cccs2)N2CCOCC2)c1C. The predicted octanol–water partition coefficient (Wildman–Crippen LogP) is 4.02. The molecule has 0 aliphatic carbocycles. The molecule has 4 heterocycles. The number of thiophene rings is 2. The van der Waals surface area contributed by atoms with Crippen molar-refractivity contribution in [1.82, 2.24) is 14.8 Å². The first-order valence-corrected chi connectivity index (χ1v) is 11.2. The molecule has 1 aliphatic rings. The number of morpholine rings is 1. The zero-order chi connectivity index (χ0) is 19.5. The highest BCUT2D eigenvalue weighted by atomic mass is 32.1. The van der Waals surface area contributed by atoms with Crippen LogP contribution >= 0.6 is 22.7 Å². The molecule has 0 spiro atoms. The van der Waals surface area contributed by atoms with Gasteiger partial charge in [-0.05, 0) is 43.0 Å². The Balaban J connectivity index is 1.54. The molecule has 0 saturated carbocycles. The molecule has 0 bridgehead atoms. The second-order valence-electron chi connectivity index (χ2n) is 6.94. The Bertz CT molecular complexity index is 910. The van der Waals surface area contributed by atoms with Crippen LogP contribution in [0.3, 0.4) is 0 Å². The summed E-state index contributed by atoms with van der Waals surface area (Å²) in [6.45, 7) is 7.98. The van der Waals surface area contributed by atoms with E-state index in [0.29, 0.717) is 6.54 Å². The van der Waals surface area contributed by atoms with Gasteiger partial charge < -0.3 is 14.6 Å². The molecule has 1 atom stereocenters. The molecular formula is C21H25N3O2S2. The number of aromatic nitrogens is 1. The van der Waals surface area contributed by atoms with Crippen molar-refractivity contribution in [2.45, 2.75) is 19.9 Å². The molecule has 1 fully saturated rings. The van der Waals surface area contributed by atoms with E-state index in [1.54, 1.807) is 22.7 Å². The Hall–Kier alpha value is -1.93. The van der Waals surface area contributed by atoms with Gasteiger partial charge in [-0.2, -0.15) is 0 Å². The maximum Gasteiger partial charge on any atom is 0.254 e. The van der Waals surface area contributed by atoms with E-state index in [2.05, 4.69) is 34.7 Å². The summed E-state index contributed by atoms with van der Waals surface area (Å²) >= 11 is 3.41. The van der Waals surface area contributed by atoms with E-state index in [1.165, 1.54) is 9.75 Å². The van der Waals surface area contributed by atoms with Crippen molar-refractivity contribution in [1.29, 1.82) is 0 Å². The van der Waals surface area contributed by atoms with Gasteiger partial charge >= 0.3 is 0 Å². The molecule has 148 valence electrons. The van der Waals surface area contributed by atoms with E-state index in [-0.39, 0.29) is 11.9 Å². The van der Waals surface area contributed by atoms with Crippen LogP contribution in [0.1, 0.15) is 31.7 Å². The minimum Gasteiger partial charge on any atom is -0.379 e. The van der Waals surface area contributed by atoms with Crippen molar-refractivity contribution in [3.8, 4) is 5.00 Å². The normalized spacial score (nSPS) is 16.2. The Labute approximate surface area is 173 Å². The van der Waals surface area contributed by atoms with Crippen LogP contribution in [-0.4, -0.2) is 48.2 Å². The molecule has 28 heavy (non-hydrogen) atoms. The standard InChI is InChI=1S/C21H25N3O2S2/c1-15-16(2)28-21(24-7-3-4-8-24)19(15)20(25)22-14-17(18-6-5-13-27-18)23-9-11-26-12-10-23/h3-8,13,17H,9-12,14H2,1-2H3,(H,22,25). The molecule has 5 nitrogen and oxygen atoms in total. The predicted molar refractivity (Wildman–Crippen MR) is 115 cm³/mol. The van der Waals surface area contributed by atoms with Crippen LogP contribution in [0, 0.1) is 13.8 Å². The smallest absolute Gasteiger partial charge is 0.254 e. The lowest BCUT2D eigenvalue weighted by Crippen LogP contribution is -2.43. The van der Waals surface area contributed by atoms with Crippen LogP contribution in [0.2, 0.25) is 0 Å². The van der Waals surface area contributed by atoms with E-state index < -0.39 is 0 Å². The van der Waals surface area contributed by atoms with Crippen LogP contribution in [0.25, 0.3) is 5.00 Å². The maximum atomic E-state index is 13.2. The van der Waals surface area contributed by atoms with Crippen molar-refractivity contribution < 1.29 is 9.53 Å². The first kappa shape index (κ1) is 19.4. The highest BCUT2D eigenvalue weighted by Gasteiger charge is 2.26. The van der Waals surface area contributed by atoms with E-state index in [1.807, 2.05) is 36.0 Å². The van der Waals surface area contributed by atoms with Crippen molar-refractivity contribution in [2.75, 3.05) is 32.8 Å². The first-order valence-electron chi connectivity index (χ1n) is 9.52. The minimum atomic E-state index is 0.000338.